The standard InChI is InChI=1S/C16H30N2O2/c1-12-7-8-18(11-15(12)20-2)16(19)9-13-3-5-14(10-17)6-4-13/h12-15H,3-11,17H2,1-2H3. The highest BCUT2D eigenvalue weighted by Gasteiger charge is 2.30. The van der Waals surface area contributed by atoms with Gasteiger partial charge in [0.15, 0.2) is 0 Å². The summed E-state index contributed by atoms with van der Waals surface area (Å²) in [6.45, 7) is 4.69. The normalized spacial score (nSPS) is 35.0. The molecule has 0 bridgehead atoms. The Morgan fingerprint density at radius 3 is 2.45 bits per heavy atom. The predicted molar refractivity (Wildman–Crippen MR) is 80.3 cm³/mol. The van der Waals surface area contributed by atoms with Gasteiger partial charge in [0.25, 0.3) is 0 Å². The molecule has 1 saturated heterocycles. The number of piperidine rings is 1. The first kappa shape index (κ1) is 15.8. The molecule has 20 heavy (non-hydrogen) atoms. The monoisotopic (exact) mass is 282 g/mol. The molecule has 0 aromatic rings. The fourth-order valence-electron chi connectivity index (χ4n) is 3.61. The van der Waals surface area contributed by atoms with E-state index >= 15 is 0 Å². The summed E-state index contributed by atoms with van der Waals surface area (Å²) in [5.74, 6) is 2.15. The Hall–Kier alpha value is -0.610. The van der Waals surface area contributed by atoms with Crippen molar-refractivity contribution in [2.24, 2.45) is 23.5 Å². The first-order valence-corrected chi connectivity index (χ1v) is 8.14. The summed E-state index contributed by atoms with van der Waals surface area (Å²) in [4.78, 5) is 14.4. The van der Waals surface area contributed by atoms with Gasteiger partial charge in [-0.3, -0.25) is 4.79 Å². The number of ether oxygens (including phenoxy) is 1. The maximum Gasteiger partial charge on any atom is 0.222 e. The average molecular weight is 282 g/mol. The van der Waals surface area contributed by atoms with Crippen molar-refractivity contribution in [1.29, 1.82) is 0 Å². The third-order valence-electron chi connectivity index (χ3n) is 5.31. The number of carbonyl (C=O) groups is 1. The zero-order chi connectivity index (χ0) is 14.5. The molecule has 4 heteroatoms. The van der Waals surface area contributed by atoms with E-state index in [-0.39, 0.29) is 6.10 Å². The summed E-state index contributed by atoms with van der Waals surface area (Å²) in [5, 5.41) is 0. The van der Waals surface area contributed by atoms with Crippen LogP contribution in [-0.2, 0) is 9.53 Å². The molecule has 0 spiro atoms. The van der Waals surface area contributed by atoms with Crippen molar-refractivity contribution in [1.82, 2.24) is 4.90 Å². The van der Waals surface area contributed by atoms with Crippen LogP contribution in [0, 0.1) is 17.8 Å². The van der Waals surface area contributed by atoms with Gasteiger partial charge < -0.3 is 15.4 Å². The van der Waals surface area contributed by atoms with E-state index < -0.39 is 0 Å². The second-order valence-corrected chi connectivity index (χ2v) is 6.71. The molecular formula is C16H30N2O2. The lowest BCUT2D eigenvalue weighted by Crippen LogP contribution is -2.47. The van der Waals surface area contributed by atoms with Crippen molar-refractivity contribution < 1.29 is 9.53 Å². The molecule has 1 aliphatic heterocycles. The van der Waals surface area contributed by atoms with E-state index in [0.717, 1.165) is 32.5 Å². The first-order chi connectivity index (χ1) is 9.63. The molecule has 0 aromatic carbocycles. The van der Waals surface area contributed by atoms with E-state index in [1.807, 2.05) is 4.90 Å². The SMILES string of the molecule is COC1CN(C(=O)CC2CCC(CN)CC2)CCC1C. The zero-order valence-electron chi connectivity index (χ0n) is 13.0. The van der Waals surface area contributed by atoms with Crippen LogP contribution >= 0.6 is 0 Å². The van der Waals surface area contributed by atoms with Gasteiger partial charge in [-0.2, -0.15) is 0 Å². The van der Waals surface area contributed by atoms with E-state index in [4.69, 9.17) is 10.5 Å². The van der Waals surface area contributed by atoms with Gasteiger partial charge in [0.05, 0.1) is 6.10 Å². The Labute approximate surface area is 123 Å². The highest BCUT2D eigenvalue weighted by Crippen LogP contribution is 2.31. The van der Waals surface area contributed by atoms with Crippen molar-refractivity contribution >= 4 is 5.91 Å². The second kappa shape index (κ2) is 7.41. The Kier molecular flexibility index (Phi) is 5.85. The molecule has 4 nitrogen and oxygen atoms in total. The highest BCUT2D eigenvalue weighted by atomic mass is 16.5. The first-order valence-electron chi connectivity index (χ1n) is 8.14. The van der Waals surface area contributed by atoms with Gasteiger partial charge in [-0.25, -0.2) is 0 Å². The fourth-order valence-corrected chi connectivity index (χ4v) is 3.61. The quantitative estimate of drug-likeness (QED) is 0.858. The van der Waals surface area contributed by atoms with Gasteiger partial charge in [0, 0.05) is 26.6 Å². The van der Waals surface area contributed by atoms with E-state index in [2.05, 4.69) is 6.92 Å². The number of likely N-dealkylation sites (tertiary alicyclic amines) is 1. The largest absolute Gasteiger partial charge is 0.379 e. The molecule has 2 unspecified atom stereocenters. The van der Waals surface area contributed by atoms with Gasteiger partial charge in [-0.05, 0) is 56.4 Å². The van der Waals surface area contributed by atoms with Crippen molar-refractivity contribution in [3.8, 4) is 0 Å². The van der Waals surface area contributed by atoms with Crippen molar-refractivity contribution in [3.05, 3.63) is 0 Å². The van der Waals surface area contributed by atoms with Crippen LogP contribution < -0.4 is 5.73 Å². The molecule has 0 aromatic heterocycles. The summed E-state index contributed by atoms with van der Waals surface area (Å²) < 4.78 is 5.49. The molecule has 1 amide bonds. The Morgan fingerprint density at radius 2 is 1.85 bits per heavy atom. The Bertz CT molecular complexity index is 314. The van der Waals surface area contributed by atoms with Crippen molar-refractivity contribution in [2.45, 2.75) is 51.6 Å². The molecule has 2 atom stereocenters. The zero-order valence-corrected chi connectivity index (χ0v) is 13.0. The number of rotatable bonds is 4. The van der Waals surface area contributed by atoms with E-state index in [1.54, 1.807) is 7.11 Å². The highest BCUT2D eigenvalue weighted by molar-refractivity contribution is 5.76. The predicted octanol–water partition coefficient (Wildman–Crippen LogP) is 2.02. The molecule has 1 heterocycles. The number of nitrogens with zero attached hydrogens (tertiary/aromatic N) is 1. The lowest BCUT2D eigenvalue weighted by molar-refractivity contribution is -0.137. The molecule has 2 rings (SSSR count). The number of amides is 1. The van der Waals surface area contributed by atoms with E-state index in [0.29, 0.717) is 23.7 Å². The minimum Gasteiger partial charge on any atom is -0.379 e. The lowest BCUT2D eigenvalue weighted by atomic mass is 9.80. The van der Waals surface area contributed by atoms with Gasteiger partial charge in [-0.1, -0.05) is 6.92 Å². The number of methoxy groups -OCH3 is 1. The van der Waals surface area contributed by atoms with Crippen LogP contribution in [0.3, 0.4) is 0 Å². The summed E-state index contributed by atoms with van der Waals surface area (Å²) in [5.41, 5.74) is 5.72. The van der Waals surface area contributed by atoms with Crippen LogP contribution in [0.1, 0.15) is 45.4 Å². The number of hydrogen-bond acceptors (Lipinski definition) is 3. The minimum absolute atomic E-state index is 0.209. The molecular weight excluding hydrogens is 252 g/mol. The Balaban J connectivity index is 1.77. The van der Waals surface area contributed by atoms with Gasteiger partial charge in [0.1, 0.15) is 0 Å². The molecule has 2 fully saturated rings. The van der Waals surface area contributed by atoms with Crippen LogP contribution in [0.2, 0.25) is 0 Å². The van der Waals surface area contributed by atoms with Gasteiger partial charge >= 0.3 is 0 Å². The molecule has 1 saturated carbocycles. The van der Waals surface area contributed by atoms with Crippen molar-refractivity contribution in [2.75, 3.05) is 26.7 Å². The topological polar surface area (TPSA) is 55.6 Å². The van der Waals surface area contributed by atoms with E-state index in [9.17, 15) is 4.79 Å². The van der Waals surface area contributed by atoms with Gasteiger partial charge in [-0.15, -0.1) is 0 Å². The number of hydrogen-bond donors (Lipinski definition) is 1. The number of nitrogens with two attached hydrogens (primary N) is 1. The smallest absolute Gasteiger partial charge is 0.222 e. The summed E-state index contributed by atoms with van der Waals surface area (Å²) in [7, 11) is 1.75. The van der Waals surface area contributed by atoms with Crippen LogP contribution in [0.5, 0.6) is 0 Å². The summed E-state index contributed by atoms with van der Waals surface area (Å²) >= 11 is 0. The van der Waals surface area contributed by atoms with Crippen LogP contribution in [0.4, 0.5) is 0 Å². The fraction of sp³-hybridized carbons (Fsp3) is 0.938. The second-order valence-electron chi connectivity index (χ2n) is 6.71. The molecule has 1 aliphatic carbocycles. The van der Waals surface area contributed by atoms with E-state index in [1.165, 1.54) is 25.7 Å². The van der Waals surface area contributed by atoms with Crippen LogP contribution in [0.15, 0.2) is 0 Å². The minimum atomic E-state index is 0.209. The molecule has 0 radical (unpaired) electrons. The summed E-state index contributed by atoms with van der Waals surface area (Å²) in [6.07, 6.45) is 6.74. The Morgan fingerprint density at radius 1 is 1.20 bits per heavy atom. The maximum atomic E-state index is 12.4. The average Bonchev–Trinajstić information content (AvgIpc) is 2.48. The summed E-state index contributed by atoms with van der Waals surface area (Å²) in [6, 6.07) is 0. The number of carbonyl (C=O) groups excluding carboxylic acids is 1. The van der Waals surface area contributed by atoms with Gasteiger partial charge in [0.2, 0.25) is 5.91 Å². The molecule has 2 N–H and O–H groups in total. The van der Waals surface area contributed by atoms with Crippen molar-refractivity contribution in [3.63, 3.8) is 0 Å². The third kappa shape index (κ3) is 3.95. The molecule has 116 valence electrons. The van der Waals surface area contributed by atoms with Crippen LogP contribution in [0.25, 0.3) is 0 Å². The maximum absolute atomic E-state index is 12.4. The lowest BCUT2D eigenvalue weighted by Gasteiger charge is -2.37. The third-order valence-corrected chi connectivity index (χ3v) is 5.31. The van der Waals surface area contributed by atoms with Crippen LogP contribution in [-0.4, -0.2) is 43.7 Å². The molecule has 2 aliphatic rings.